The molecule has 4 rings (SSSR count). The fraction of sp³-hybridized carbons (Fsp3) is 0.150. The van der Waals surface area contributed by atoms with E-state index in [1.54, 1.807) is 18.4 Å². The highest BCUT2D eigenvalue weighted by Crippen LogP contribution is 2.31. The van der Waals surface area contributed by atoms with Crippen LogP contribution in [-0.4, -0.2) is 28.3 Å². The number of thioether (sulfide) groups is 1. The van der Waals surface area contributed by atoms with Crippen LogP contribution in [0, 0.1) is 0 Å². The lowest BCUT2D eigenvalue weighted by Crippen LogP contribution is -2.01. The van der Waals surface area contributed by atoms with Crippen LogP contribution >= 0.6 is 23.1 Å². The number of thiazole rings is 1. The first-order valence-electron chi connectivity index (χ1n) is 8.41. The molecule has 1 N–H and O–H groups in total. The molecule has 27 heavy (non-hydrogen) atoms. The number of nitrogens with one attached hydrogen (secondary N) is 1. The van der Waals surface area contributed by atoms with Crippen LogP contribution in [-0.2, 0) is 6.42 Å². The Morgan fingerprint density at radius 2 is 1.89 bits per heavy atom. The van der Waals surface area contributed by atoms with Gasteiger partial charge < -0.3 is 10.1 Å². The van der Waals surface area contributed by atoms with Gasteiger partial charge in [-0.3, -0.25) is 0 Å². The molecular formula is C20H18N4OS2. The number of methoxy groups -OCH3 is 1. The predicted octanol–water partition coefficient (Wildman–Crippen LogP) is 5.15. The zero-order valence-electron chi connectivity index (χ0n) is 15.0. The summed E-state index contributed by atoms with van der Waals surface area (Å²) in [6, 6.07) is 18.2. The number of fused-ring (bicyclic) bond motifs is 1. The van der Waals surface area contributed by atoms with Crippen molar-refractivity contribution in [1.82, 2.24) is 15.0 Å². The Morgan fingerprint density at radius 1 is 1.04 bits per heavy atom. The number of hydrogen-bond acceptors (Lipinski definition) is 7. The van der Waals surface area contributed by atoms with Crippen LogP contribution in [0.3, 0.4) is 0 Å². The van der Waals surface area contributed by atoms with E-state index in [9.17, 15) is 0 Å². The van der Waals surface area contributed by atoms with Gasteiger partial charge in [0.2, 0.25) is 0 Å². The van der Waals surface area contributed by atoms with E-state index in [1.807, 2.05) is 48.7 Å². The third-order valence-electron chi connectivity index (χ3n) is 4.00. The van der Waals surface area contributed by atoms with Crippen molar-refractivity contribution in [1.29, 1.82) is 0 Å². The van der Waals surface area contributed by atoms with E-state index in [2.05, 4.69) is 32.4 Å². The SMILES string of the molecule is COc1ccc2nc(Nc3cc(Cc4ccccc4)nc(SC)n3)sc2c1. The van der Waals surface area contributed by atoms with Crippen LogP contribution in [0.1, 0.15) is 11.3 Å². The summed E-state index contributed by atoms with van der Waals surface area (Å²) in [5.74, 6) is 1.58. The quantitative estimate of drug-likeness (QED) is 0.360. The third-order valence-corrected chi connectivity index (χ3v) is 5.48. The molecule has 0 bridgehead atoms. The number of nitrogens with zero attached hydrogens (tertiary/aromatic N) is 3. The summed E-state index contributed by atoms with van der Waals surface area (Å²) >= 11 is 3.11. The van der Waals surface area contributed by atoms with Crippen LogP contribution in [0.5, 0.6) is 5.75 Å². The van der Waals surface area contributed by atoms with Gasteiger partial charge in [-0.15, -0.1) is 0 Å². The molecule has 0 aliphatic heterocycles. The highest BCUT2D eigenvalue weighted by Gasteiger charge is 2.09. The van der Waals surface area contributed by atoms with Gasteiger partial charge in [0.1, 0.15) is 11.6 Å². The van der Waals surface area contributed by atoms with Gasteiger partial charge in [-0.25, -0.2) is 15.0 Å². The van der Waals surface area contributed by atoms with Crippen molar-refractivity contribution in [3.63, 3.8) is 0 Å². The molecule has 0 saturated heterocycles. The van der Waals surface area contributed by atoms with Crippen molar-refractivity contribution in [2.45, 2.75) is 11.6 Å². The van der Waals surface area contributed by atoms with Gasteiger partial charge in [-0.2, -0.15) is 0 Å². The van der Waals surface area contributed by atoms with Gasteiger partial charge in [0.25, 0.3) is 0 Å². The molecule has 136 valence electrons. The first-order valence-corrected chi connectivity index (χ1v) is 10.4. The smallest absolute Gasteiger partial charge is 0.189 e. The molecule has 0 atom stereocenters. The Morgan fingerprint density at radius 3 is 2.67 bits per heavy atom. The lowest BCUT2D eigenvalue weighted by molar-refractivity contribution is 0.415. The summed E-state index contributed by atoms with van der Waals surface area (Å²) in [7, 11) is 1.67. The Bertz CT molecular complexity index is 1070. The van der Waals surface area contributed by atoms with E-state index in [4.69, 9.17) is 4.74 Å². The topological polar surface area (TPSA) is 59.9 Å². The number of anilines is 2. The first-order chi connectivity index (χ1) is 13.2. The summed E-state index contributed by atoms with van der Waals surface area (Å²) in [4.78, 5) is 13.8. The second-order valence-electron chi connectivity index (χ2n) is 5.87. The first kappa shape index (κ1) is 17.8. The number of benzene rings is 2. The fourth-order valence-corrected chi connectivity index (χ4v) is 4.02. The maximum absolute atomic E-state index is 5.29. The standard InChI is InChI=1S/C20H18N4OS2/c1-25-15-8-9-16-17(12-15)27-20(22-16)24-18-11-14(21-19(23-18)26-2)10-13-6-4-3-5-7-13/h3-9,11-12H,10H2,1-2H3,(H,21,22,23,24). The van der Waals surface area contributed by atoms with Gasteiger partial charge in [0, 0.05) is 12.5 Å². The maximum atomic E-state index is 5.29. The molecule has 0 amide bonds. The average Bonchev–Trinajstić information content (AvgIpc) is 3.09. The van der Waals surface area contributed by atoms with Crippen LogP contribution in [0.4, 0.5) is 10.9 Å². The monoisotopic (exact) mass is 394 g/mol. The molecule has 0 radical (unpaired) electrons. The predicted molar refractivity (Wildman–Crippen MR) is 113 cm³/mol. The van der Waals surface area contributed by atoms with Crippen molar-refractivity contribution < 1.29 is 4.74 Å². The van der Waals surface area contributed by atoms with E-state index in [0.717, 1.165) is 44.2 Å². The molecule has 2 aromatic heterocycles. The summed E-state index contributed by atoms with van der Waals surface area (Å²) in [5.41, 5.74) is 3.14. The van der Waals surface area contributed by atoms with E-state index < -0.39 is 0 Å². The highest BCUT2D eigenvalue weighted by molar-refractivity contribution is 7.98. The van der Waals surface area contributed by atoms with Gasteiger partial charge in [-0.05, 0) is 30.0 Å². The Labute approximate surface area is 165 Å². The molecule has 0 saturated carbocycles. The molecule has 0 unspecified atom stereocenters. The second kappa shape index (κ2) is 7.94. The van der Waals surface area contributed by atoms with Gasteiger partial charge >= 0.3 is 0 Å². The Hall–Kier alpha value is -2.64. The number of rotatable bonds is 6. The van der Waals surface area contributed by atoms with E-state index in [-0.39, 0.29) is 0 Å². The zero-order chi connectivity index (χ0) is 18.6. The molecule has 0 aliphatic carbocycles. The normalized spacial score (nSPS) is 10.9. The average molecular weight is 395 g/mol. The van der Waals surface area contributed by atoms with Crippen LogP contribution in [0.15, 0.2) is 59.8 Å². The minimum atomic E-state index is 0.744. The molecule has 0 spiro atoms. The van der Waals surface area contributed by atoms with Gasteiger partial charge in [0.05, 0.1) is 23.0 Å². The summed E-state index contributed by atoms with van der Waals surface area (Å²) in [5, 5.41) is 4.88. The molecule has 0 fully saturated rings. The molecule has 7 heteroatoms. The van der Waals surface area contributed by atoms with E-state index in [0.29, 0.717) is 0 Å². The number of hydrogen-bond donors (Lipinski definition) is 1. The molecule has 4 aromatic rings. The van der Waals surface area contributed by atoms with E-state index in [1.165, 1.54) is 17.3 Å². The van der Waals surface area contributed by atoms with Crippen LogP contribution in [0.2, 0.25) is 0 Å². The lowest BCUT2D eigenvalue weighted by Gasteiger charge is -2.07. The van der Waals surface area contributed by atoms with Crippen molar-refractivity contribution in [3.8, 4) is 5.75 Å². The van der Waals surface area contributed by atoms with Crippen molar-refractivity contribution in [3.05, 3.63) is 65.9 Å². The lowest BCUT2D eigenvalue weighted by atomic mass is 10.1. The molecular weight excluding hydrogens is 376 g/mol. The van der Waals surface area contributed by atoms with Crippen LogP contribution in [0.25, 0.3) is 10.2 Å². The maximum Gasteiger partial charge on any atom is 0.189 e. The summed E-state index contributed by atoms with van der Waals surface area (Å²) < 4.78 is 6.36. The van der Waals surface area contributed by atoms with Gasteiger partial charge in [-0.1, -0.05) is 53.4 Å². The van der Waals surface area contributed by atoms with Crippen LogP contribution < -0.4 is 10.1 Å². The summed E-state index contributed by atoms with van der Waals surface area (Å²) in [6.07, 6.45) is 2.75. The Balaban J connectivity index is 1.62. The Kier molecular flexibility index (Phi) is 5.22. The third kappa shape index (κ3) is 4.20. The molecule has 0 aliphatic rings. The largest absolute Gasteiger partial charge is 0.497 e. The number of ether oxygens (including phenoxy) is 1. The number of aromatic nitrogens is 3. The van der Waals surface area contributed by atoms with Crippen molar-refractivity contribution in [2.75, 3.05) is 18.7 Å². The zero-order valence-corrected chi connectivity index (χ0v) is 16.6. The van der Waals surface area contributed by atoms with E-state index >= 15 is 0 Å². The molecule has 5 nitrogen and oxygen atoms in total. The minimum Gasteiger partial charge on any atom is -0.497 e. The molecule has 2 aromatic carbocycles. The van der Waals surface area contributed by atoms with Crippen molar-refractivity contribution >= 4 is 44.3 Å². The summed E-state index contributed by atoms with van der Waals surface area (Å²) in [6.45, 7) is 0. The highest BCUT2D eigenvalue weighted by atomic mass is 32.2. The second-order valence-corrected chi connectivity index (χ2v) is 7.68. The van der Waals surface area contributed by atoms with Crippen molar-refractivity contribution in [2.24, 2.45) is 0 Å². The van der Waals surface area contributed by atoms with Gasteiger partial charge in [0.15, 0.2) is 10.3 Å². The minimum absolute atomic E-state index is 0.744. The fourth-order valence-electron chi connectivity index (χ4n) is 2.72. The molecule has 2 heterocycles.